The minimum Gasteiger partial charge on any atom is -0.490 e. The first-order valence-corrected chi connectivity index (χ1v) is 10.3. The molecular formula is C13H17NO6S2. The SMILES string of the molecule is O=S1(=O)CCC(NS(=O)(=O)c2ccc3c(c2)OCCCO3)C1. The number of sulfonamides is 1. The minimum absolute atomic E-state index is 0.0152. The summed E-state index contributed by atoms with van der Waals surface area (Å²) in [6, 6.07) is 3.82. The molecule has 9 heteroatoms. The molecule has 1 N–H and O–H groups in total. The summed E-state index contributed by atoms with van der Waals surface area (Å²) in [7, 11) is -6.93. The Morgan fingerprint density at radius 1 is 1.14 bits per heavy atom. The fourth-order valence-electron chi connectivity index (χ4n) is 2.49. The number of hydrogen-bond donors (Lipinski definition) is 1. The summed E-state index contributed by atoms with van der Waals surface area (Å²) in [5, 5.41) is 0. The molecule has 22 heavy (non-hydrogen) atoms. The van der Waals surface area contributed by atoms with E-state index in [1.54, 1.807) is 6.07 Å². The van der Waals surface area contributed by atoms with Gasteiger partial charge in [0, 0.05) is 18.5 Å². The molecule has 3 rings (SSSR count). The van der Waals surface area contributed by atoms with Crippen molar-refractivity contribution in [3.63, 3.8) is 0 Å². The van der Waals surface area contributed by atoms with Gasteiger partial charge in [0.05, 0.1) is 29.6 Å². The third-order valence-electron chi connectivity index (χ3n) is 3.58. The second-order valence-corrected chi connectivity index (χ2v) is 9.32. The molecule has 0 radical (unpaired) electrons. The van der Waals surface area contributed by atoms with Crippen LogP contribution in [0.1, 0.15) is 12.8 Å². The molecule has 2 aliphatic rings. The lowest BCUT2D eigenvalue weighted by Gasteiger charge is -2.13. The first-order valence-electron chi connectivity index (χ1n) is 6.98. The van der Waals surface area contributed by atoms with Crippen LogP contribution in [-0.2, 0) is 19.9 Å². The highest BCUT2D eigenvalue weighted by Crippen LogP contribution is 2.32. The van der Waals surface area contributed by atoms with Crippen molar-refractivity contribution in [2.75, 3.05) is 24.7 Å². The summed E-state index contributed by atoms with van der Waals surface area (Å²) >= 11 is 0. The molecule has 0 amide bonds. The fraction of sp³-hybridized carbons (Fsp3) is 0.538. The number of nitrogens with one attached hydrogen (secondary N) is 1. The Balaban J connectivity index is 1.82. The first kappa shape index (κ1) is 15.6. The third-order valence-corrected chi connectivity index (χ3v) is 6.87. The van der Waals surface area contributed by atoms with Crippen LogP contribution in [0.15, 0.2) is 23.1 Å². The van der Waals surface area contributed by atoms with Gasteiger partial charge in [-0.1, -0.05) is 0 Å². The molecule has 1 unspecified atom stereocenters. The molecule has 0 spiro atoms. The van der Waals surface area contributed by atoms with Crippen LogP contribution in [0.4, 0.5) is 0 Å². The number of sulfone groups is 1. The van der Waals surface area contributed by atoms with E-state index < -0.39 is 25.9 Å². The lowest BCUT2D eigenvalue weighted by atomic mass is 10.3. The van der Waals surface area contributed by atoms with Gasteiger partial charge in [0.15, 0.2) is 21.3 Å². The maximum absolute atomic E-state index is 12.4. The van der Waals surface area contributed by atoms with E-state index in [0.717, 1.165) is 6.42 Å². The van der Waals surface area contributed by atoms with Gasteiger partial charge in [-0.3, -0.25) is 0 Å². The number of ether oxygens (including phenoxy) is 2. The Labute approximate surface area is 129 Å². The van der Waals surface area contributed by atoms with Gasteiger partial charge in [0.25, 0.3) is 0 Å². The maximum atomic E-state index is 12.4. The normalized spacial score (nSPS) is 23.9. The van der Waals surface area contributed by atoms with Crippen molar-refractivity contribution in [2.45, 2.75) is 23.8 Å². The average Bonchev–Trinajstić information content (AvgIpc) is 2.65. The Hall–Kier alpha value is -1.32. The number of rotatable bonds is 3. The van der Waals surface area contributed by atoms with Crippen LogP contribution in [-0.4, -0.2) is 47.6 Å². The summed E-state index contributed by atoms with van der Waals surface area (Å²) in [5.74, 6) is 0.761. The fourth-order valence-corrected chi connectivity index (χ4v) is 5.55. The third kappa shape index (κ3) is 3.36. The molecule has 0 aliphatic carbocycles. The van der Waals surface area contributed by atoms with E-state index in [2.05, 4.69) is 4.72 Å². The summed E-state index contributed by atoms with van der Waals surface area (Å²) in [6.07, 6.45) is 1.03. The molecule has 1 aromatic carbocycles. The van der Waals surface area contributed by atoms with Crippen LogP contribution in [0.5, 0.6) is 11.5 Å². The van der Waals surface area contributed by atoms with Gasteiger partial charge in [-0.25, -0.2) is 21.6 Å². The van der Waals surface area contributed by atoms with Gasteiger partial charge in [-0.15, -0.1) is 0 Å². The monoisotopic (exact) mass is 347 g/mol. The molecule has 1 saturated heterocycles. The molecule has 1 fully saturated rings. The van der Waals surface area contributed by atoms with Crippen LogP contribution < -0.4 is 14.2 Å². The van der Waals surface area contributed by atoms with Crippen molar-refractivity contribution < 1.29 is 26.3 Å². The second kappa shape index (κ2) is 5.71. The summed E-state index contributed by atoms with van der Waals surface area (Å²) < 4.78 is 61.0. The van der Waals surface area contributed by atoms with Crippen molar-refractivity contribution >= 4 is 19.9 Å². The van der Waals surface area contributed by atoms with Gasteiger partial charge < -0.3 is 9.47 Å². The van der Waals surface area contributed by atoms with Crippen molar-refractivity contribution in [3.05, 3.63) is 18.2 Å². The summed E-state index contributed by atoms with van der Waals surface area (Å²) in [4.78, 5) is 0.0426. The van der Waals surface area contributed by atoms with Gasteiger partial charge >= 0.3 is 0 Å². The van der Waals surface area contributed by atoms with E-state index in [1.807, 2.05) is 0 Å². The molecule has 122 valence electrons. The Kier molecular flexibility index (Phi) is 4.04. The first-order chi connectivity index (χ1) is 10.4. The van der Waals surface area contributed by atoms with E-state index in [1.165, 1.54) is 12.1 Å². The molecule has 0 saturated carbocycles. The van der Waals surface area contributed by atoms with E-state index >= 15 is 0 Å². The van der Waals surface area contributed by atoms with Gasteiger partial charge in [-0.05, 0) is 18.6 Å². The molecule has 2 aliphatic heterocycles. The standard InChI is InChI=1S/C13H17NO6S2/c15-21(16)7-4-10(9-21)14-22(17,18)11-2-3-12-13(8-11)20-6-1-5-19-12/h2-3,8,10,14H,1,4-7,9H2. The Morgan fingerprint density at radius 3 is 2.55 bits per heavy atom. The lowest BCUT2D eigenvalue weighted by molar-refractivity contribution is 0.297. The van der Waals surface area contributed by atoms with Crippen molar-refractivity contribution in [1.29, 1.82) is 0 Å². The highest BCUT2D eigenvalue weighted by atomic mass is 32.2. The van der Waals surface area contributed by atoms with E-state index in [9.17, 15) is 16.8 Å². The number of hydrogen-bond acceptors (Lipinski definition) is 6. The molecule has 2 heterocycles. The van der Waals surface area contributed by atoms with Crippen molar-refractivity contribution in [2.24, 2.45) is 0 Å². The maximum Gasteiger partial charge on any atom is 0.240 e. The molecular weight excluding hydrogens is 330 g/mol. The summed E-state index contributed by atoms with van der Waals surface area (Å²) in [6.45, 7) is 0.988. The van der Waals surface area contributed by atoms with E-state index in [-0.39, 0.29) is 16.4 Å². The lowest BCUT2D eigenvalue weighted by Crippen LogP contribution is -2.35. The molecule has 1 atom stereocenters. The highest BCUT2D eigenvalue weighted by Gasteiger charge is 2.31. The Bertz CT molecular complexity index is 772. The zero-order valence-corrected chi connectivity index (χ0v) is 13.5. The van der Waals surface area contributed by atoms with Crippen LogP contribution >= 0.6 is 0 Å². The zero-order chi connectivity index (χ0) is 15.8. The quantitative estimate of drug-likeness (QED) is 0.845. The average molecular weight is 347 g/mol. The van der Waals surface area contributed by atoms with Gasteiger partial charge in [0.1, 0.15) is 0 Å². The van der Waals surface area contributed by atoms with Crippen molar-refractivity contribution in [1.82, 2.24) is 4.72 Å². The summed E-state index contributed by atoms with van der Waals surface area (Å²) in [5.41, 5.74) is 0. The largest absolute Gasteiger partial charge is 0.490 e. The predicted octanol–water partition coefficient (Wildman–Crippen LogP) is 0.313. The second-order valence-electron chi connectivity index (χ2n) is 5.38. The molecule has 0 bridgehead atoms. The van der Waals surface area contributed by atoms with Crippen molar-refractivity contribution in [3.8, 4) is 11.5 Å². The molecule has 7 nitrogen and oxygen atoms in total. The number of fused-ring (bicyclic) bond motifs is 1. The molecule has 1 aromatic rings. The van der Waals surface area contributed by atoms with Crippen LogP contribution in [0.3, 0.4) is 0 Å². The topological polar surface area (TPSA) is 98.8 Å². The minimum atomic E-state index is -3.79. The molecule has 0 aromatic heterocycles. The van der Waals surface area contributed by atoms with Gasteiger partial charge in [0.2, 0.25) is 10.0 Å². The van der Waals surface area contributed by atoms with E-state index in [4.69, 9.17) is 9.47 Å². The predicted molar refractivity (Wildman–Crippen MR) is 79.4 cm³/mol. The van der Waals surface area contributed by atoms with Crippen LogP contribution in [0.25, 0.3) is 0 Å². The van der Waals surface area contributed by atoms with Gasteiger partial charge in [-0.2, -0.15) is 0 Å². The highest BCUT2D eigenvalue weighted by molar-refractivity contribution is 7.92. The van der Waals surface area contributed by atoms with E-state index in [0.29, 0.717) is 31.1 Å². The zero-order valence-electron chi connectivity index (χ0n) is 11.8. The smallest absolute Gasteiger partial charge is 0.240 e. The van der Waals surface area contributed by atoms with Crippen LogP contribution in [0.2, 0.25) is 0 Å². The number of benzene rings is 1. The Morgan fingerprint density at radius 2 is 1.86 bits per heavy atom. The van der Waals surface area contributed by atoms with Crippen LogP contribution in [0, 0.1) is 0 Å².